The van der Waals surface area contributed by atoms with Gasteiger partial charge in [-0.15, -0.1) is 0 Å². The molecule has 2 rings (SSSR count). The van der Waals surface area contributed by atoms with Crippen LogP contribution in [0.1, 0.15) is 6.92 Å². The van der Waals surface area contributed by atoms with Crippen LogP contribution in [0, 0.1) is 5.82 Å². The van der Waals surface area contributed by atoms with Crippen molar-refractivity contribution in [3.8, 4) is 0 Å². The van der Waals surface area contributed by atoms with Gasteiger partial charge in [0.2, 0.25) is 15.9 Å². The number of nitrogens with zero attached hydrogens (tertiary/aromatic N) is 2. The van der Waals surface area contributed by atoms with E-state index in [1.54, 1.807) is 14.0 Å². The van der Waals surface area contributed by atoms with Crippen molar-refractivity contribution in [2.75, 3.05) is 33.2 Å². The van der Waals surface area contributed by atoms with Crippen molar-refractivity contribution in [3.05, 3.63) is 30.1 Å². The van der Waals surface area contributed by atoms with Crippen molar-refractivity contribution in [1.82, 2.24) is 14.5 Å². The van der Waals surface area contributed by atoms with Crippen LogP contribution in [0.15, 0.2) is 29.2 Å². The first-order valence-electron chi connectivity index (χ1n) is 7.08. The van der Waals surface area contributed by atoms with Gasteiger partial charge in [-0.1, -0.05) is 12.1 Å². The molecule has 0 unspecified atom stereocenters. The standard InChI is InChI=1S/C14H20FN3O3S/c1-11(14(19)16-2)17-7-9-18(10-8-17)22(20,21)13-6-4-3-5-12(13)15/h3-6,11H,7-10H2,1-2H3,(H,16,19)/t11-/m1/s1. The van der Waals surface area contributed by atoms with Crippen molar-refractivity contribution in [2.45, 2.75) is 17.9 Å². The maximum atomic E-state index is 13.7. The van der Waals surface area contributed by atoms with Gasteiger partial charge in [-0.05, 0) is 19.1 Å². The molecule has 0 bridgehead atoms. The first-order chi connectivity index (χ1) is 10.4. The molecular weight excluding hydrogens is 309 g/mol. The Morgan fingerprint density at radius 2 is 1.82 bits per heavy atom. The lowest BCUT2D eigenvalue weighted by atomic mass is 10.2. The summed E-state index contributed by atoms with van der Waals surface area (Å²) in [5.41, 5.74) is 0. The van der Waals surface area contributed by atoms with Crippen LogP contribution in [0.5, 0.6) is 0 Å². The number of likely N-dealkylation sites (N-methyl/N-ethyl adjacent to an activating group) is 1. The highest BCUT2D eigenvalue weighted by Crippen LogP contribution is 2.20. The summed E-state index contributed by atoms with van der Waals surface area (Å²) in [4.78, 5) is 13.2. The number of carbonyl (C=O) groups is 1. The fourth-order valence-corrected chi connectivity index (χ4v) is 3.99. The van der Waals surface area contributed by atoms with E-state index in [-0.39, 0.29) is 29.9 Å². The number of carbonyl (C=O) groups excluding carboxylic acids is 1. The third-order valence-electron chi connectivity index (χ3n) is 3.90. The van der Waals surface area contributed by atoms with E-state index in [1.165, 1.54) is 22.5 Å². The molecule has 0 saturated carbocycles. The van der Waals surface area contributed by atoms with Crippen LogP contribution in [-0.2, 0) is 14.8 Å². The number of hydrogen-bond donors (Lipinski definition) is 1. The van der Waals surface area contributed by atoms with E-state index in [1.807, 2.05) is 4.90 Å². The van der Waals surface area contributed by atoms with Gasteiger partial charge in [0.25, 0.3) is 0 Å². The highest BCUT2D eigenvalue weighted by Gasteiger charge is 2.32. The third-order valence-corrected chi connectivity index (χ3v) is 5.83. The second-order valence-electron chi connectivity index (χ2n) is 5.16. The Labute approximate surface area is 130 Å². The zero-order valence-electron chi connectivity index (χ0n) is 12.6. The van der Waals surface area contributed by atoms with Gasteiger partial charge in [0.15, 0.2) is 0 Å². The van der Waals surface area contributed by atoms with Gasteiger partial charge in [-0.2, -0.15) is 4.31 Å². The lowest BCUT2D eigenvalue weighted by molar-refractivity contribution is -0.125. The molecule has 1 aromatic rings. The molecule has 122 valence electrons. The number of nitrogens with one attached hydrogen (secondary N) is 1. The monoisotopic (exact) mass is 329 g/mol. The molecule has 1 heterocycles. The predicted octanol–water partition coefficient (Wildman–Crippen LogP) is 0.267. The minimum absolute atomic E-state index is 0.106. The van der Waals surface area contributed by atoms with E-state index in [9.17, 15) is 17.6 Å². The molecule has 1 aliphatic rings. The number of piperazine rings is 1. The van der Waals surface area contributed by atoms with Gasteiger partial charge in [-0.3, -0.25) is 9.69 Å². The highest BCUT2D eigenvalue weighted by atomic mass is 32.2. The van der Waals surface area contributed by atoms with Crippen LogP contribution < -0.4 is 5.32 Å². The first-order valence-corrected chi connectivity index (χ1v) is 8.52. The first kappa shape index (κ1) is 16.9. The number of halogens is 1. The smallest absolute Gasteiger partial charge is 0.246 e. The summed E-state index contributed by atoms with van der Waals surface area (Å²) in [5.74, 6) is -0.853. The second kappa shape index (κ2) is 6.72. The zero-order chi connectivity index (χ0) is 16.3. The van der Waals surface area contributed by atoms with Gasteiger partial charge < -0.3 is 5.32 Å². The van der Waals surface area contributed by atoms with Crippen molar-refractivity contribution in [1.29, 1.82) is 0 Å². The molecule has 0 radical (unpaired) electrons. The fraction of sp³-hybridized carbons (Fsp3) is 0.500. The molecule has 0 spiro atoms. The topological polar surface area (TPSA) is 69.7 Å². The Balaban J connectivity index is 2.08. The van der Waals surface area contributed by atoms with E-state index in [0.717, 1.165) is 6.07 Å². The van der Waals surface area contributed by atoms with Crippen molar-refractivity contribution in [3.63, 3.8) is 0 Å². The number of amides is 1. The lowest BCUT2D eigenvalue weighted by Crippen LogP contribution is -2.54. The molecule has 1 amide bonds. The average Bonchev–Trinajstić information content (AvgIpc) is 2.53. The Morgan fingerprint density at radius 1 is 1.23 bits per heavy atom. The Bertz CT molecular complexity index is 642. The number of hydrogen-bond acceptors (Lipinski definition) is 4. The largest absolute Gasteiger partial charge is 0.358 e. The third kappa shape index (κ3) is 3.29. The molecule has 1 saturated heterocycles. The summed E-state index contributed by atoms with van der Waals surface area (Å²) in [7, 11) is -2.27. The average molecular weight is 329 g/mol. The minimum Gasteiger partial charge on any atom is -0.358 e. The van der Waals surface area contributed by atoms with E-state index in [0.29, 0.717) is 13.1 Å². The molecule has 22 heavy (non-hydrogen) atoms. The van der Waals surface area contributed by atoms with Gasteiger partial charge in [0, 0.05) is 33.2 Å². The summed E-state index contributed by atoms with van der Waals surface area (Å²) in [6, 6.07) is 5.04. The predicted molar refractivity (Wildman–Crippen MR) is 80.3 cm³/mol. The zero-order valence-corrected chi connectivity index (χ0v) is 13.4. The molecule has 8 heteroatoms. The van der Waals surface area contributed by atoms with Crippen molar-refractivity contribution >= 4 is 15.9 Å². The summed E-state index contributed by atoms with van der Waals surface area (Å²) >= 11 is 0. The number of sulfonamides is 1. The maximum Gasteiger partial charge on any atom is 0.246 e. The molecule has 0 aliphatic carbocycles. The maximum absolute atomic E-state index is 13.7. The molecule has 1 N–H and O–H groups in total. The van der Waals surface area contributed by atoms with Gasteiger partial charge in [0.05, 0.1) is 6.04 Å². The number of benzene rings is 1. The highest BCUT2D eigenvalue weighted by molar-refractivity contribution is 7.89. The molecule has 6 nitrogen and oxygen atoms in total. The van der Waals surface area contributed by atoms with E-state index in [2.05, 4.69) is 5.32 Å². The normalized spacial score (nSPS) is 18.9. The van der Waals surface area contributed by atoms with Crippen LogP contribution >= 0.6 is 0 Å². The Morgan fingerprint density at radius 3 is 2.36 bits per heavy atom. The molecule has 1 aliphatic heterocycles. The molecule has 0 aromatic heterocycles. The van der Waals surface area contributed by atoms with Gasteiger partial charge in [-0.25, -0.2) is 12.8 Å². The summed E-state index contributed by atoms with van der Waals surface area (Å²) in [6.07, 6.45) is 0. The summed E-state index contributed by atoms with van der Waals surface area (Å²) in [5, 5.41) is 2.57. The molecule has 1 fully saturated rings. The summed E-state index contributed by atoms with van der Waals surface area (Å²) in [6.45, 7) is 3.11. The van der Waals surface area contributed by atoms with E-state index >= 15 is 0 Å². The Hall–Kier alpha value is -1.51. The Kier molecular flexibility index (Phi) is 5.15. The van der Waals surface area contributed by atoms with Crippen molar-refractivity contribution in [2.24, 2.45) is 0 Å². The fourth-order valence-electron chi connectivity index (χ4n) is 2.50. The van der Waals surface area contributed by atoms with E-state index in [4.69, 9.17) is 0 Å². The minimum atomic E-state index is -3.84. The van der Waals surface area contributed by atoms with Crippen LogP contribution in [0.4, 0.5) is 4.39 Å². The van der Waals surface area contributed by atoms with E-state index < -0.39 is 15.8 Å². The molecule has 1 aromatic carbocycles. The van der Waals surface area contributed by atoms with Crippen LogP contribution in [0.2, 0.25) is 0 Å². The van der Waals surface area contributed by atoms with Gasteiger partial charge in [0.1, 0.15) is 10.7 Å². The second-order valence-corrected chi connectivity index (χ2v) is 7.07. The van der Waals surface area contributed by atoms with Gasteiger partial charge >= 0.3 is 0 Å². The molecular formula is C14H20FN3O3S. The quantitative estimate of drug-likeness (QED) is 0.861. The van der Waals surface area contributed by atoms with Crippen LogP contribution in [0.3, 0.4) is 0 Å². The van der Waals surface area contributed by atoms with Crippen LogP contribution in [0.25, 0.3) is 0 Å². The lowest BCUT2D eigenvalue weighted by Gasteiger charge is -2.36. The SMILES string of the molecule is CNC(=O)[C@@H](C)N1CCN(S(=O)(=O)c2ccccc2F)CC1. The number of rotatable bonds is 4. The van der Waals surface area contributed by atoms with Crippen LogP contribution in [-0.4, -0.2) is 62.8 Å². The summed E-state index contributed by atoms with van der Waals surface area (Å²) < 4.78 is 39.9. The molecule has 1 atom stereocenters. The van der Waals surface area contributed by atoms with Crippen molar-refractivity contribution < 1.29 is 17.6 Å².